The first-order valence-corrected chi connectivity index (χ1v) is 2.53. The van der Waals surface area contributed by atoms with Crippen LogP contribution in [-0.4, -0.2) is 9.78 Å². The largest absolute Gasteiger partial charge is 0.272 e. The summed E-state index contributed by atoms with van der Waals surface area (Å²) in [6.07, 6.45) is 0. The molecular formula is C6H9N2. The van der Waals surface area contributed by atoms with Crippen molar-refractivity contribution < 1.29 is 0 Å². The second kappa shape index (κ2) is 1.62. The standard InChI is InChI=1S/C6H9N2/c1-5-4-6(2)8(3)7-5/h4H,2H2,1,3H3. The fraction of sp³-hybridized carbons (Fsp3) is 0.333. The molecular weight excluding hydrogens is 100 g/mol. The molecule has 2 heteroatoms. The Morgan fingerprint density at radius 1 is 1.75 bits per heavy atom. The lowest BCUT2D eigenvalue weighted by atomic mass is 10.4. The molecule has 43 valence electrons. The van der Waals surface area contributed by atoms with Crippen LogP contribution in [0.5, 0.6) is 0 Å². The molecule has 0 aliphatic carbocycles. The monoisotopic (exact) mass is 109 g/mol. The normalized spacial score (nSPS) is 9.88. The molecule has 0 saturated heterocycles. The van der Waals surface area contributed by atoms with E-state index in [9.17, 15) is 0 Å². The molecule has 0 amide bonds. The van der Waals surface area contributed by atoms with Crippen molar-refractivity contribution in [3.8, 4) is 0 Å². The molecule has 0 N–H and O–H groups in total. The van der Waals surface area contributed by atoms with Crippen molar-refractivity contribution in [3.63, 3.8) is 0 Å². The molecule has 0 atom stereocenters. The van der Waals surface area contributed by atoms with Gasteiger partial charge in [-0.15, -0.1) is 0 Å². The zero-order valence-electron chi connectivity index (χ0n) is 5.18. The van der Waals surface area contributed by atoms with Crippen LogP contribution in [-0.2, 0) is 7.05 Å². The van der Waals surface area contributed by atoms with E-state index in [1.165, 1.54) is 0 Å². The third-order valence-corrected chi connectivity index (χ3v) is 1.10. The quantitative estimate of drug-likeness (QED) is 0.484. The smallest absolute Gasteiger partial charge is 0.0596 e. The molecule has 1 aromatic heterocycles. The Morgan fingerprint density at radius 2 is 2.38 bits per heavy atom. The van der Waals surface area contributed by atoms with Gasteiger partial charge in [-0.05, 0) is 19.9 Å². The summed E-state index contributed by atoms with van der Waals surface area (Å²) in [6, 6.07) is 1.94. The van der Waals surface area contributed by atoms with Crippen LogP contribution in [0.25, 0.3) is 0 Å². The Bertz CT molecular complexity index is 169. The van der Waals surface area contributed by atoms with Crippen molar-refractivity contribution >= 4 is 0 Å². The van der Waals surface area contributed by atoms with Crippen LogP contribution < -0.4 is 0 Å². The highest BCUT2D eigenvalue weighted by Gasteiger charge is 1.91. The van der Waals surface area contributed by atoms with Gasteiger partial charge >= 0.3 is 0 Å². The fourth-order valence-corrected chi connectivity index (χ4v) is 0.664. The van der Waals surface area contributed by atoms with Crippen LogP contribution in [0, 0.1) is 13.8 Å². The summed E-state index contributed by atoms with van der Waals surface area (Å²) >= 11 is 0. The van der Waals surface area contributed by atoms with Crippen molar-refractivity contribution in [2.45, 2.75) is 6.92 Å². The lowest BCUT2D eigenvalue weighted by Crippen LogP contribution is -1.91. The average Bonchev–Trinajstić information content (AvgIpc) is 1.85. The van der Waals surface area contributed by atoms with Gasteiger partial charge in [-0.2, -0.15) is 5.10 Å². The van der Waals surface area contributed by atoms with Crippen LogP contribution in [0.1, 0.15) is 11.4 Å². The third kappa shape index (κ3) is 0.735. The zero-order valence-corrected chi connectivity index (χ0v) is 5.18. The first-order chi connectivity index (χ1) is 3.70. The molecule has 0 unspecified atom stereocenters. The number of aromatic nitrogens is 2. The van der Waals surface area contributed by atoms with Gasteiger partial charge in [-0.1, -0.05) is 0 Å². The molecule has 0 bridgehead atoms. The minimum absolute atomic E-state index is 0.961. The molecule has 2 nitrogen and oxygen atoms in total. The summed E-state index contributed by atoms with van der Waals surface area (Å²) in [7, 11) is 1.88. The van der Waals surface area contributed by atoms with Crippen LogP contribution in [0.4, 0.5) is 0 Å². The zero-order chi connectivity index (χ0) is 6.15. The van der Waals surface area contributed by atoms with Gasteiger partial charge in [0.15, 0.2) is 0 Å². The molecule has 0 spiro atoms. The van der Waals surface area contributed by atoms with E-state index >= 15 is 0 Å². The van der Waals surface area contributed by atoms with E-state index in [1.807, 2.05) is 20.0 Å². The minimum atomic E-state index is 0.961. The van der Waals surface area contributed by atoms with Gasteiger partial charge in [-0.25, -0.2) is 0 Å². The lowest BCUT2D eigenvalue weighted by Gasteiger charge is -1.87. The van der Waals surface area contributed by atoms with Crippen molar-refractivity contribution in [2.75, 3.05) is 0 Å². The maximum atomic E-state index is 4.06. The van der Waals surface area contributed by atoms with E-state index < -0.39 is 0 Å². The highest BCUT2D eigenvalue weighted by Crippen LogP contribution is 1.96. The fourth-order valence-electron chi connectivity index (χ4n) is 0.664. The molecule has 1 rings (SSSR count). The summed E-state index contributed by atoms with van der Waals surface area (Å²) in [4.78, 5) is 0. The Balaban J connectivity index is 3.14. The minimum Gasteiger partial charge on any atom is -0.272 e. The van der Waals surface area contributed by atoms with E-state index in [2.05, 4.69) is 12.0 Å². The molecule has 0 aromatic carbocycles. The Kier molecular flexibility index (Phi) is 1.08. The van der Waals surface area contributed by atoms with E-state index in [0.29, 0.717) is 0 Å². The van der Waals surface area contributed by atoms with Gasteiger partial charge in [0.25, 0.3) is 0 Å². The number of rotatable bonds is 0. The first-order valence-electron chi connectivity index (χ1n) is 2.53. The summed E-state index contributed by atoms with van der Waals surface area (Å²) in [6.45, 7) is 5.69. The van der Waals surface area contributed by atoms with Gasteiger partial charge in [0, 0.05) is 12.7 Å². The van der Waals surface area contributed by atoms with E-state index in [1.54, 1.807) is 4.68 Å². The van der Waals surface area contributed by atoms with E-state index in [-0.39, 0.29) is 0 Å². The van der Waals surface area contributed by atoms with Gasteiger partial charge in [0.1, 0.15) is 0 Å². The topological polar surface area (TPSA) is 17.8 Å². The molecule has 1 radical (unpaired) electrons. The number of hydrogen-bond donors (Lipinski definition) is 0. The van der Waals surface area contributed by atoms with Crippen molar-refractivity contribution in [3.05, 3.63) is 24.4 Å². The van der Waals surface area contributed by atoms with Crippen molar-refractivity contribution in [1.29, 1.82) is 0 Å². The van der Waals surface area contributed by atoms with Crippen molar-refractivity contribution in [2.24, 2.45) is 7.05 Å². The van der Waals surface area contributed by atoms with Crippen molar-refractivity contribution in [1.82, 2.24) is 9.78 Å². The third-order valence-electron chi connectivity index (χ3n) is 1.10. The summed E-state index contributed by atoms with van der Waals surface area (Å²) in [5, 5.41) is 4.06. The highest BCUT2D eigenvalue weighted by molar-refractivity contribution is 5.10. The second-order valence-electron chi connectivity index (χ2n) is 1.90. The molecule has 0 fully saturated rings. The van der Waals surface area contributed by atoms with Gasteiger partial charge in [0.2, 0.25) is 0 Å². The first kappa shape index (κ1) is 5.35. The molecule has 1 heterocycles. The Labute approximate surface area is 49.1 Å². The number of nitrogens with zero attached hydrogens (tertiary/aromatic N) is 2. The number of hydrogen-bond acceptors (Lipinski definition) is 1. The Hall–Kier alpha value is -0.790. The van der Waals surface area contributed by atoms with Gasteiger partial charge in [0.05, 0.1) is 5.69 Å². The summed E-state index contributed by atoms with van der Waals surface area (Å²) < 4.78 is 1.76. The maximum absolute atomic E-state index is 4.06. The van der Waals surface area contributed by atoms with E-state index in [0.717, 1.165) is 11.4 Å². The molecule has 1 aromatic rings. The van der Waals surface area contributed by atoms with Crippen LogP contribution in [0.2, 0.25) is 0 Å². The van der Waals surface area contributed by atoms with Crippen LogP contribution >= 0.6 is 0 Å². The van der Waals surface area contributed by atoms with Crippen LogP contribution in [0.15, 0.2) is 6.07 Å². The molecule has 0 saturated carbocycles. The SMILES string of the molecule is [CH2]c1cc(C)nn1C. The lowest BCUT2D eigenvalue weighted by molar-refractivity contribution is 0.743. The average molecular weight is 109 g/mol. The summed E-state index contributed by atoms with van der Waals surface area (Å²) in [5.74, 6) is 0. The maximum Gasteiger partial charge on any atom is 0.0596 e. The second-order valence-corrected chi connectivity index (χ2v) is 1.90. The Morgan fingerprint density at radius 3 is 2.50 bits per heavy atom. The van der Waals surface area contributed by atoms with Gasteiger partial charge in [-0.3, -0.25) is 4.68 Å². The molecule has 0 aliphatic rings. The van der Waals surface area contributed by atoms with Crippen LogP contribution in [0.3, 0.4) is 0 Å². The molecule has 0 aliphatic heterocycles. The molecule has 8 heavy (non-hydrogen) atoms. The van der Waals surface area contributed by atoms with E-state index in [4.69, 9.17) is 0 Å². The predicted molar refractivity (Wildman–Crippen MR) is 32.4 cm³/mol. The summed E-state index contributed by atoms with van der Waals surface area (Å²) in [5.41, 5.74) is 1.99. The number of aryl methyl sites for hydroxylation is 2. The predicted octanol–water partition coefficient (Wildman–Crippen LogP) is 0.911. The van der Waals surface area contributed by atoms with Gasteiger partial charge < -0.3 is 0 Å². The highest BCUT2D eigenvalue weighted by atomic mass is 15.3.